The van der Waals surface area contributed by atoms with Crippen LogP contribution in [0, 0.1) is 5.41 Å². The number of sulfonamides is 1. The first-order chi connectivity index (χ1) is 14.4. The molecule has 0 aliphatic carbocycles. The molecule has 0 saturated carbocycles. The summed E-state index contributed by atoms with van der Waals surface area (Å²) in [6, 6.07) is 18.8. The van der Waals surface area contributed by atoms with Crippen LogP contribution in [0.4, 0.5) is 5.69 Å². The maximum absolute atomic E-state index is 13.4. The number of para-hydroxylation sites is 1. The highest BCUT2D eigenvalue weighted by atomic mass is 32.2. The van der Waals surface area contributed by atoms with Crippen molar-refractivity contribution in [2.75, 3.05) is 32.0 Å². The number of carbonyl (C=O) groups excluding carboxylic acids is 1. The Labute approximate surface area is 178 Å². The van der Waals surface area contributed by atoms with Crippen molar-refractivity contribution in [3.05, 3.63) is 66.2 Å². The Balaban J connectivity index is 1.54. The van der Waals surface area contributed by atoms with Crippen LogP contribution in [0.15, 0.2) is 60.7 Å². The first-order valence-electron chi connectivity index (χ1n) is 10.5. The van der Waals surface area contributed by atoms with Crippen molar-refractivity contribution >= 4 is 21.6 Å². The van der Waals surface area contributed by atoms with E-state index in [1.54, 1.807) is 4.31 Å². The zero-order valence-corrected chi connectivity index (χ0v) is 18.1. The number of benzene rings is 2. The van der Waals surface area contributed by atoms with Gasteiger partial charge < -0.3 is 10.2 Å². The summed E-state index contributed by atoms with van der Waals surface area (Å²) < 4.78 is 27.8. The van der Waals surface area contributed by atoms with E-state index in [0.717, 1.165) is 24.2 Å². The van der Waals surface area contributed by atoms with E-state index in [1.807, 2.05) is 67.7 Å². The molecule has 2 heterocycles. The molecule has 30 heavy (non-hydrogen) atoms. The van der Waals surface area contributed by atoms with Gasteiger partial charge in [0.15, 0.2) is 0 Å². The van der Waals surface area contributed by atoms with Crippen molar-refractivity contribution in [3.63, 3.8) is 0 Å². The van der Waals surface area contributed by atoms with Crippen LogP contribution in [0.3, 0.4) is 0 Å². The summed E-state index contributed by atoms with van der Waals surface area (Å²) in [6.07, 6.45) is 1.95. The van der Waals surface area contributed by atoms with Gasteiger partial charge in [0, 0.05) is 24.8 Å². The Morgan fingerprint density at radius 2 is 1.63 bits per heavy atom. The highest BCUT2D eigenvalue weighted by Crippen LogP contribution is 2.44. The molecule has 160 valence electrons. The van der Waals surface area contributed by atoms with Crippen LogP contribution in [0.1, 0.15) is 24.8 Å². The lowest BCUT2D eigenvalue weighted by Gasteiger charge is -2.34. The van der Waals surface area contributed by atoms with E-state index in [4.69, 9.17) is 0 Å². The Morgan fingerprint density at radius 3 is 2.33 bits per heavy atom. The smallest absolute Gasteiger partial charge is 0.232 e. The van der Waals surface area contributed by atoms with Gasteiger partial charge in [-0.05, 0) is 50.6 Å². The van der Waals surface area contributed by atoms with Crippen LogP contribution < -0.4 is 5.32 Å². The van der Waals surface area contributed by atoms with Gasteiger partial charge in [-0.1, -0.05) is 48.5 Å². The van der Waals surface area contributed by atoms with Crippen LogP contribution >= 0.6 is 0 Å². The molecule has 0 radical (unpaired) electrons. The van der Waals surface area contributed by atoms with Gasteiger partial charge in [-0.2, -0.15) is 0 Å². The number of anilines is 1. The van der Waals surface area contributed by atoms with Crippen molar-refractivity contribution in [2.24, 2.45) is 5.41 Å². The topological polar surface area (TPSA) is 69.7 Å². The van der Waals surface area contributed by atoms with E-state index in [9.17, 15) is 13.2 Å². The molecule has 0 bridgehead atoms. The molecule has 1 N–H and O–H groups in total. The number of nitrogens with zero attached hydrogens (tertiary/aromatic N) is 2. The average Bonchev–Trinajstić information content (AvgIpc) is 2.93. The average molecular weight is 428 g/mol. The van der Waals surface area contributed by atoms with Crippen molar-refractivity contribution in [3.8, 4) is 0 Å². The summed E-state index contributed by atoms with van der Waals surface area (Å²) in [4.78, 5) is 15.6. The van der Waals surface area contributed by atoms with Crippen LogP contribution in [0.25, 0.3) is 0 Å². The third kappa shape index (κ3) is 4.15. The maximum Gasteiger partial charge on any atom is 0.232 e. The lowest BCUT2D eigenvalue weighted by Crippen LogP contribution is -2.46. The minimum Gasteiger partial charge on any atom is -0.326 e. The minimum absolute atomic E-state index is 0.00242. The fourth-order valence-electron chi connectivity index (χ4n) is 4.92. The number of amides is 1. The molecule has 6 nitrogen and oxygen atoms in total. The molecule has 2 atom stereocenters. The second-order valence-electron chi connectivity index (χ2n) is 8.40. The van der Waals surface area contributed by atoms with Gasteiger partial charge in [0.1, 0.15) is 0 Å². The number of carbonyl (C=O) groups is 1. The predicted octanol–water partition coefficient (Wildman–Crippen LogP) is 2.94. The Hall–Kier alpha value is -2.22. The third-order valence-electron chi connectivity index (χ3n) is 6.61. The highest BCUT2D eigenvalue weighted by Gasteiger charge is 2.53. The monoisotopic (exact) mass is 427 g/mol. The molecule has 2 aromatic carbocycles. The van der Waals surface area contributed by atoms with E-state index in [1.165, 1.54) is 0 Å². The summed E-state index contributed by atoms with van der Waals surface area (Å²) in [5, 5.41) is 3.08. The first-order valence-corrected chi connectivity index (χ1v) is 12.1. The van der Waals surface area contributed by atoms with Crippen LogP contribution in [0.2, 0.25) is 0 Å². The second kappa shape index (κ2) is 8.49. The Bertz CT molecular complexity index is 981. The van der Waals surface area contributed by atoms with Gasteiger partial charge in [0.25, 0.3) is 0 Å². The molecule has 1 amide bonds. The number of nitrogens with one attached hydrogen (secondary N) is 1. The standard InChI is InChI=1S/C23H29N3O3S/c1-25-16-13-23(22(27)24-20-10-6-3-7-11-20)14-17-26(15-12-21(23)25)30(28,29)18-19-8-4-2-5-9-19/h2-11,21H,12-18H2,1H3,(H,24,27)/t21-,23-/m1/s1. The van der Waals surface area contributed by atoms with Gasteiger partial charge in [-0.25, -0.2) is 12.7 Å². The van der Waals surface area contributed by atoms with Crippen LogP contribution in [-0.4, -0.2) is 56.3 Å². The van der Waals surface area contributed by atoms with Gasteiger partial charge >= 0.3 is 0 Å². The molecule has 2 fully saturated rings. The zero-order chi connectivity index (χ0) is 21.2. The molecule has 4 rings (SSSR count). The number of likely N-dealkylation sites (tertiary alicyclic amines) is 1. The molecule has 2 aliphatic rings. The fourth-order valence-corrected chi connectivity index (χ4v) is 6.47. The van der Waals surface area contributed by atoms with E-state index >= 15 is 0 Å². The fraction of sp³-hybridized carbons (Fsp3) is 0.435. The summed E-state index contributed by atoms with van der Waals surface area (Å²) in [5.74, 6) is 0.00254. The molecule has 2 saturated heterocycles. The molecule has 0 aromatic heterocycles. The molecule has 0 spiro atoms. The van der Waals surface area contributed by atoms with Crippen molar-refractivity contribution in [2.45, 2.75) is 31.1 Å². The predicted molar refractivity (Wildman–Crippen MR) is 118 cm³/mol. The van der Waals surface area contributed by atoms with E-state index in [2.05, 4.69) is 10.2 Å². The third-order valence-corrected chi connectivity index (χ3v) is 8.46. The largest absolute Gasteiger partial charge is 0.326 e. The lowest BCUT2D eigenvalue weighted by atomic mass is 9.75. The number of hydrogen-bond acceptors (Lipinski definition) is 4. The molecule has 7 heteroatoms. The summed E-state index contributed by atoms with van der Waals surface area (Å²) in [7, 11) is -1.40. The molecule has 0 unspecified atom stereocenters. The van der Waals surface area contributed by atoms with E-state index < -0.39 is 15.4 Å². The highest BCUT2D eigenvalue weighted by molar-refractivity contribution is 7.88. The Kier molecular flexibility index (Phi) is 5.95. The van der Waals surface area contributed by atoms with E-state index in [-0.39, 0.29) is 17.7 Å². The van der Waals surface area contributed by atoms with Crippen molar-refractivity contribution in [1.29, 1.82) is 0 Å². The lowest BCUT2D eigenvalue weighted by molar-refractivity contribution is -0.127. The number of hydrogen-bond donors (Lipinski definition) is 1. The quantitative estimate of drug-likeness (QED) is 0.797. The van der Waals surface area contributed by atoms with Gasteiger partial charge in [-0.15, -0.1) is 0 Å². The minimum atomic E-state index is -3.44. The summed E-state index contributed by atoms with van der Waals surface area (Å²) in [5.41, 5.74) is 1.00. The van der Waals surface area contributed by atoms with Gasteiger partial charge in [-0.3, -0.25) is 4.79 Å². The molecule has 2 aromatic rings. The first kappa shape index (κ1) is 21.0. The van der Waals surface area contributed by atoms with E-state index in [0.29, 0.717) is 25.9 Å². The summed E-state index contributed by atoms with van der Waals surface area (Å²) in [6.45, 7) is 1.68. The van der Waals surface area contributed by atoms with Gasteiger partial charge in [0.05, 0.1) is 11.2 Å². The summed E-state index contributed by atoms with van der Waals surface area (Å²) >= 11 is 0. The Morgan fingerprint density at radius 1 is 1.00 bits per heavy atom. The van der Waals surface area contributed by atoms with Crippen molar-refractivity contribution < 1.29 is 13.2 Å². The number of rotatable bonds is 5. The SMILES string of the molecule is CN1CC[C@@]2(C(=O)Nc3ccccc3)CCN(S(=O)(=O)Cc3ccccc3)CC[C@@H]12. The zero-order valence-electron chi connectivity index (χ0n) is 17.3. The van der Waals surface area contributed by atoms with Crippen LogP contribution in [-0.2, 0) is 20.6 Å². The van der Waals surface area contributed by atoms with Crippen molar-refractivity contribution in [1.82, 2.24) is 9.21 Å². The second-order valence-corrected chi connectivity index (χ2v) is 10.4. The van der Waals surface area contributed by atoms with Gasteiger partial charge in [0.2, 0.25) is 15.9 Å². The molecule has 2 aliphatic heterocycles. The molecular weight excluding hydrogens is 398 g/mol. The van der Waals surface area contributed by atoms with Crippen LogP contribution in [0.5, 0.6) is 0 Å². The normalized spacial score (nSPS) is 25.4. The molecular formula is C23H29N3O3S. The maximum atomic E-state index is 13.4. The number of fused-ring (bicyclic) bond motifs is 1.